The fourth-order valence-electron chi connectivity index (χ4n) is 0.208. The Balaban J connectivity index is 2.93. The minimum Gasteiger partial charge on any atom is -0.385 e. The van der Waals surface area contributed by atoms with Crippen LogP contribution in [-0.2, 0) is 4.79 Å². The lowest BCUT2D eigenvalue weighted by atomic mass is 10.6. The van der Waals surface area contributed by atoms with Gasteiger partial charge in [-0.1, -0.05) is 24.0 Å². The maximum Gasteiger partial charge on any atom is 0.131 e. The number of nitrogens with two attached hydrogens (primary N) is 1. The molecule has 0 aromatic rings. The summed E-state index contributed by atoms with van der Waals surface area (Å²) in [6, 6.07) is 0. The molecule has 46 valence electrons. The third-order valence-electron chi connectivity index (χ3n) is 0.480. The van der Waals surface area contributed by atoms with E-state index in [-0.39, 0.29) is 0 Å². The molecule has 0 rings (SSSR count). The summed E-state index contributed by atoms with van der Waals surface area (Å²) in [4.78, 5) is 9.69. The Bertz CT molecular complexity index is 94.0. The standard InChI is InChI=1S/C4H7NOS2/c5-4(7)8-3-1-2-6/h2H,1,3H2,(H2,5,7). The zero-order valence-electron chi connectivity index (χ0n) is 4.29. The van der Waals surface area contributed by atoms with Gasteiger partial charge in [0.25, 0.3) is 0 Å². The van der Waals surface area contributed by atoms with Crippen LogP contribution in [0.25, 0.3) is 0 Å². The van der Waals surface area contributed by atoms with E-state index in [1.165, 1.54) is 11.8 Å². The highest BCUT2D eigenvalue weighted by Crippen LogP contribution is 1.99. The Morgan fingerprint density at radius 3 is 2.88 bits per heavy atom. The van der Waals surface area contributed by atoms with Crippen LogP contribution >= 0.6 is 24.0 Å². The normalized spacial score (nSPS) is 8.50. The van der Waals surface area contributed by atoms with Gasteiger partial charge in [-0.05, 0) is 0 Å². The zero-order valence-corrected chi connectivity index (χ0v) is 5.93. The average molecular weight is 149 g/mol. The minimum absolute atomic E-state index is 0.409. The van der Waals surface area contributed by atoms with Gasteiger partial charge < -0.3 is 10.5 Å². The predicted octanol–water partition coefficient (Wildman–Crippen LogP) is 0.552. The summed E-state index contributed by atoms with van der Waals surface area (Å²) >= 11 is 5.87. The van der Waals surface area contributed by atoms with E-state index in [1.54, 1.807) is 0 Å². The summed E-state index contributed by atoms with van der Waals surface area (Å²) in [5.74, 6) is 0.707. The number of thioether (sulfide) groups is 1. The summed E-state index contributed by atoms with van der Waals surface area (Å²) in [6.45, 7) is 0. The number of carbonyl (C=O) groups excluding carboxylic acids is 1. The monoisotopic (exact) mass is 149 g/mol. The second-order valence-corrected chi connectivity index (χ2v) is 2.96. The van der Waals surface area contributed by atoms with Crippen molar-refractivity contribution in [1.82, 2.24) is 0 Å². The Morgan fingerprint density at radius 2 is 2.50 bits per heavy atom. The summed E-state index contributed by atoms with van der Waals surface area (Å²) in [5, 5.41) is 0. The van der Waals surface area contributed by atoms with Gasteiger partial charge >= 0.3 is 0 Å². The van der Waals surface area contributed by atoms with Gasteiger partial charge in [0.15, 0.2) is 0 Å². The molecule has 0 unspecified atom stereocenters. The van der Waals surface area contributed by atoms with Gasteiger partial charge in [0, 0.05) is 12.2 Å². The molecule has 0 bridgehead atoms. The Labute approximate surface area is 57.8 Å². The van der Waals surface area contributed by atoms with Gasteiger partial charge in [-0.25, -0.2) is 0 Å². The maximum atomic E-state index is 9.69. The minimum atomic E-state index is 0.409. The van der Waals surface area contributed by atoms with Crippen LogP contribution in [0.15, 0.2) is 0 Å². The SMILES string of the molecule is NC(=S)SCCC=O. The number of hydrogen-bond donors (Lipinski definition) is 1. The molecule has 0 heterocycles. The molecule has 2 N–H and O–H groups in total. The molecule has 0 aromatic carbocycles. The molecule has 2 nitrogen and oxygen atoms in total. The molecule has 0 saturated carbocycles. The summed E-state index contributed by atoms with van der Waals surface area (Å²) in [6.07, 6.45) is 1.38. The van der Waals surface area contributed by atoms with Crippen LogP contribution in [0.2, 0.25) is 0 Å². The van der Waals surface area contributed by atoms with Crippen molar-refractivity contribution in [2.24, 2.45) is 5.73 Å². The molecule has 0 aliphatic heterocycles. The quantitative estimate of drug-likeness (QED) is 0.361. The van der Waals surface area contributed by atoms with Crippen LogP contribution in [0, 0.1) is 0 Å². The molecule has 0 aromatic heterocycles. The molecule has 0 atom stereocenters. The number of thiocarbonyl (C=S) groups is 1. The van der Waals surface area contributed by atoms with Crippen LogP contribution in [0.4, 0.5) is 0 Å². The first-order valence-corrected chi connectivity index (χ1v) is 3.52. The Hall–Kier alpha value is -0.0900. The summed E-state index contributed by atoms with van der Waals surface area (Å²) in [7, 11) is 0. The largest absolute Gasteiger partial charge is 0.385 e. The van der Waals surface area contributed by atoms with Gasteiger partial charge in [0.1, 0.15) is 10.6 Å². The zero-order chi connectivity index (χ0) is 6.41. The van der Waals surface area contributed by atoms with Crippen molar-refractivity contribution in [3.8, 4) is 0 Å². The van der Waals surface area contributed by atoms with Crippen LogP contribution in [0.5, 0.6) is 0 Å². The van der Waals surface area contributed by atoms with E-state index in [1.807, 2.05) is 0 Å². The lowest BCUT2D eigenvalue weighted by molar-refractivity contribution is -0.107. The molecule has 4 heteroatoms. The van der Waals surface area contributed by atoms with Crippen LogP contribution < -0.4 is 5.73 Å². The fourth-order valence-corrected chi connectivity index (χ4v) is 0.873. The van der Waals surface area contributed by atoms with Gasteiger partial charge in [0.2, 0.25) is 0 Å². The molecule has 0 saturated heterocycles. The lowest BCUT2D eigenvalue weighted by Crippen LogP contribution is -2.02. The first-order valence-electron chi connectivity index (χ1n) is 2.13. The fraction of sp³-hybridized carbons (Fsp3) is 0.500. The van der Waals surface area contributed by atoms with Crippen LogP contribution in [0.1, 0.15) is 6.42 Å². The van der Waals surface area contributed by atoms with Crippen molar-refractivity contribution in [3.05, 3.63) is 0 Å². The van der Waals surface area contributed by atoms with Gasteiger partial charge in [-0.3, -0.25) is 0 Å². The highest BCUT2D eigenvalue weighted by atomic mass is 32.2. The smallest absolute Gasteiger partial charge is 0.131 e. The average Bonchev–Trinajstić information content (AvgIpc) is 1.66. The molecule has 0 fully saturated rings. The highest BCUT2D eigenvalue weighted by molar-refractivity contribution is 8.22. The summed E-state index contributed by atoms with van der Waals surface area (Å²) < 4.78 is 0.409. The molecular formula is C4H7NOS2. The Morgan fingerprint density at radius 1 is 1.88 bits per heavy atom. The van der Waals surface area contributed by atoms with Gasteiger partial charge in [-0.15, -0.1) is 0 Å². The molecule has 8 heavy (non-hydrogen) atoms. The van der Waals surface area contributed by atoms with Gasteiger partial charge in [-0.2, -0.15) is 0 Å². The second-order valence-electron chi connectivity index (χ2n) is 1.12. The van der Waals surface area contributed by atoms with Crippen molar-refractivity contribution in [3.63, 3.8) is 0 Å². The number of carbonyl (C=O) groups is 1. The molecular weight excluding hydrogens is 142 g/mol. The molecule has 0 aliphatic carbocycles. The first kappa shape index (κ1) is 7.91. The second kappa shape index (κ2) is 5.05. The predicted molar refractivity (Wildman–Crippen MR) is 39.9 cm³/mol. The molecule has 0 amide bonds. The molecule has 0 spiro atoms. The lowest BCUT2D eigenvalue weighted by Gasteiger charge is -1.89. The van der Waals surface area contributed by atoms with E-state index in [0.29, 0.717) is 16.5 Å². The van der Waals surface area contributed by atoms with Crippen molar-refractivity contribution in [1.29, 1.82) is 0 Å². The van der Waals surface area contributed by atoms with E-state index in [0.717, 1.165) is 6.29 Å². The van der Waals surface area contributed by atoms with Crippen molar-refractivity contribution < 1.29 is 4.79 Å². The van der Waals surface area contributed by atoms with E-state index in [4.69, 9.17) is 5.73 Å². The number of rotatable bonds is 3. The molecule has 0 aliphatic rings. The summed E-state index contributed by atoms with van der Waals surface area (Å²) in [5.41, 5.74) is 5.11. The highest BCUT2D eigenvalue weighted by Gasteiger charge is 1.87. The van der Waals surface area contributed by atoms with Crippen LogP contribution in [0.3, 0.4) is 0 Å². The third kappa shape index (κ3) is 5.91. The van der Waals surface area contributed by atoms with Crippen molar-refractivity contribution >= 4 is 34.6 Å². The number of aldehydes is 1. The third-order valence-corrected chi connectivity index (χ3v) is 1.56. The van der Waals surface area contributed by atoms with Gasteiger partial charge in [0.05, 0.1) is 0 Å². The van der Waals surface area contributed by atoms with Crippen molar-refractivity contribution in [2.45, 2.75) is 6.42 Å². The first-order chi connectivity index (χ1) is 3.77. The van der Waals surface area contributed by atoms with E-state index >= 15 is 0 Å². The van der Waals surface area contributed by atoms with E-state index in [2.05, 4.69) is 12.2 Å². The number of hydrogen-bond acceptors (Lipinski definition) is 3. The topological polar surface area (TPSA) is 43.1 Å². The molecule has 0 radical (unpaired) electrons. The van der Waals surface area contributed by atoms with E-state index in [9.17, 15) is 4.79 Å². The van der Waals surface area contributed by atoms with Crippen molar-refractivity contribution in [2.75, 3.05) is 5.75 Å². The maximum absolute atomic E-state index is 9.69. The Kier molecular flexibility index (Phi) is 5.00. The van der Waals surface area contributed by atoms with E-state index < -0.39 is 0 Å². The van der Waals surface area contributed by atoms with Crippen LogP contribution in [-0.4, -0.2) is 16.4 Å².